The maximum absolute atomic E-state index is 7.62. The molecule has 0 radical (unpaired) electrons. The first-order valence-electron chi connectivity index (χ1n) is 4.12. The molecular formula is C7H7ClN2S. The van der Waals surface area contributed by atoms with Crippen LogP contribution in [0.25, 0.3) is 0 Å². The molecule has 0 spiro atoms. The van der Waals surface area contributed by atoms with E-state index in [0.29, 0.717) is 4.88 Å². The quantitative estimate of drug-likeness (QED) is 0.622. The van der Waals surface area contributed by atoms with Crippen LogP contribution < -0.4 is 5.32 Å². The van der Waals surface area contributed by atoms with Gasteiger partial charge in [0.2, 0.25) is 0 Å². The van der Waals surface area contributed by atoms with Gasteiger partial charge in [-0.25, -0.2) is 0 Å². The maximum atomic E-state index is 7.62. The second kappa shape index (κ2) is 2.50. The van der Waals surface area contributed by atoms with E-state index in [1.165, 1.54) is 11.3 Å². The predicted octanol–water partition coefficient (Wildman–Crippen LogP) is 2.58. The number of thiophene rings is 1. The van der Waals surface area contributed by atoms with Crippen LogP contribution in [0.4, 0.5) is 5.69 Å². The average molecular weight is 189 g/mol. The van der Waals surface area contributed by atoms with Crippen molar-refractivity contribution in [2.75, 3.05) is 5.32 Å². The van der Waals surface area contributed by atoms with Crippen molar-refractivity contribution in [3.05, 3.63) is 15.8 Å². The number of nitrogens with one attached hydrogen (secondary N) is 1. The summed E-state index contributed by atoms with van der Waals surface area (Å²) in [6.07, 6.45) is 0. The van der Waals surface area contributed by atoms with Crippen molar-refractivity contribution in [3.8, 4) is 0 Å². The number of nitrogens with zero attached hydrogens (tertiary/aromatic N) is 1. The summed E-state index contributed by atoms with van der Waals surface area (Å²) >= 11 is 7.04. The minimum absolute atomic E-state index is 0.107. The second-order valence-electron chi connectivity index (χ2n) is 2.24. The molecule has 58 valence electrons. The number of aliphatic imine (C=N–C) groups is 1. The van der Waals surface area contributed by atoms with Gasteiger partial charge in [-0.05, 0) is 24.6 Å². The number of fused-ring (bicyclic) bond motifs is 1. The minimum Gasteiger partial charge on any atom is -0.330 e. The molecular weight excluding hydrogens is 180 g/mol. The van der Waals surface area contributed by atoms with Crippen molar-refractivity contribution in [2.24, 2.45) is 4.99 Å². The third-order valence-electron chi connectivity index (χ3n) is 1.35. The largest absolute Gasteiger partial charge is 0.330 e. The van der Waals surface area contributed by atoms with Gasteiger partial charge in [0, 0.05) is 9.75 Å². The minimum atomic E-state index is -1.68. The molecule has 2 nitrogen and oxygen atoms in total. The van der Waals surface area contributed by atoms with Gasteiger partial charge in [-0.15, -0.1) is 11.3 Å². The number of hydrogen-bond acceptors (Lipinski definition) is 3. The van der Waals surface area contributed by atoms with E-state index in [2.05, 4.69) is 10.3 Å². The van der Waals surface area contributed by atoms with Crippen molar-refractivity contribution in [3.63, 3.8) is 0 Å². The van der Waals surface area contributed by atoms with Crippen LogP contribution in [0.2, 0.25) is 0 Å². The van der Waals surface area contributed by atoms with E-state index in [1.54, 1.807) is 0 Å². The fourth-order valence-electron chi connectivity index (χ4n) is 0.929. The Bertz CT molecular complexity index is 386. The van der Waals surface area contributed by atoms with Crippen LogP contribution in [-0.2, 0) is 6.50 Å². The number of rotatable bonds is 0. The number of aryl methyl sites for hydroxylation is 1. The topological polar surface area (TPSA) is 24.4 Å². The first kappa shape index (κ1) is 5.17. The van der Waals surface area contributed by atoms with Gasteiger partial charge in [0.15, 0.2) is 5.29 Å². The van der Waals surface area contributed by atoms with Gasteiger partial charge in [0.25, 0.3) is 0 Å². The summed E-state index contributed by atoms with van der Waals surface area (Å²) in [4.78, 5) is 5.32. The van der Waals surface area contributed by atoms with Gasteiger partial charge in [-0.3, -0.25) is 4.99 Å². The molecule has 1 aliphatic rings. The first-order valence-corrected chi connectivity index (χ1v) is 4.32. The van der Waals surface area contributed by atoms with Crippen LogP contribution in [-0.4, -0.2) is 5.29 Å². The molecule has 0 fully saturated rings. The van der Waals surface area contributed by atoms with Crippen LogP contribution in [0.3, 0.4) is 0 Å². The zero-order valence-electron chi connectivity index (χ0n) is 7.81. The first-order chi connectivity index (χ1) is 5.99. The van der Waals surface area contributed by atoms with E-state index < -0.39 is 6.50 Å². The van der Waals surface area contributed by atoms with Gasteiger partial charge in [-0.2, -0.15) is 0 Å². The molecule has 0 amide bonds. The summed E-state index contributed by atoms with van der Waals surface area (Å²) in [5.74, 6) is 0. The number of anilines is 1. The molecule has 4 heteroatoms. The van der Waals surface area contributed by atoms with E-state index in [-0.39, 0.29) is 5.29 Å². The molecule has 0 saturated heterocycles. The SMILES string of the molecule is [2H]C1([2H])N=C(Cl)Nc2cc(C)sc21. The summed E-state index contributed by atoms with van der Waals surface area (Å²) in [7, 11) is 0. The highest BCUT2D eigenvalue weighted by atomic mass is 35.5. The highest BCUT2D eigenvalue weighted by molar-refractivity contribution is 7.12. The lowest BCUT2D eigenvalue weighted by molar-refractivity contribution is 1.09. The Labute approximate surface area is 76.7 Å². The smallest absolute Gasteiger partial charge is 0.196 e. The number of amidine groups is 1. The standard InChI is InChI=1S/C7H7ClN2S/c1-4-2-5-6(11-4)3-9-7(8)10-5/h2H,3H2,1H3,(H,9,10)/i3D2. The summed E-state index contributed by atoms with van der Waals surface area (Å²) in [5, 5.41) is 2.93. The van der Waals surface area contributed by atoms with E-state index in [9.17, 15) is 0 Å². The average Bonchev–Trinajstić information content (AvgIpc) is 2.28. The molecule has 1 aromatic rings. The molecule has 0 atom stereocenters. The second-order valence-corrected chi connectivity index (χ2v) is 3.85. The lowest BCUT2D eigenvalue weighted by Gasteiger charge is -2.08. The number of halogens is 1. The normalized spacial score (nSPS) is 22.5. The van der Waals surface area contributed by atoms with Gasteiger partial charge in [-0.1, -0.05) is 0 Å². The summed E-state index contributed by atoms with van der Waals surface area (Å²) in [6.45, 7) is 0.241. The molecule has 11 heavy (non-hydrogen) atoms. The molecule has 2 rings (SSSR count). The highest BCUT2D eigenvalue weighted by Crippen LogP contribution is 2.29. The van der Waals surface area contributed by atoms with E-state index in [4.69, 9.17) is 14.3 Å². The monoisotopic (exact) mass is 188 g/mol. The van der Waals surface area contributed by atoms with Crippen molar-refractivity contribution >= 4 is 33.9 Å². The van der Waals surface area contributed by atoms with E-state index >= 15 is 0 Å². The summed E-state index contributed by atoms with van der Waals surface area (Å²) in [5.41, 5.74) is 0.729. The van der Waals surface area contributed by atoms with Crippen LogP contribution in [0, 0.1) is 6.92 Å². The van der Waals surface area contributed by atoms with E-state index in [1.807, 2.05) is 13.0 Å². The van der Waals surface area contributed by atoms with Crippen LogP contribution in [0.5, 0.6) is 0 Å². The van der Waals surface area contributed by atoms with Crippen molar-refractivity contribution in [2.45, 2.75) is 13.4 Å². The lowest BCUT2D eigenvalue weighted by Crippen LogP contribution is -2.09. The van der Waals surface area contributed by atoms with Crippen molar-refractivity contribution < 1.29 is 2.74 Å². The molecule has 1 N–H and O–H groups in total. The van der Waals surface area contributed by atoms with Crippen molar-refractivity contribution in [1.29, 1.82) is 0 Å². The molecule has 0 bridgehead atoms. The van der Waals surface area contributed by atoms with E-state index in [0.717, 1.165) is 10.6 Å². The maximum Gasteiger partial charge on any atom is 0.196 e. The Kier molecular flexibility index (Phi) is 1.17. The predicted molar refractivity (Wildman–Crippen MR) is 49.7 cm³/mol. The molecule has 1 aromatic heterocycles. The molecule has 0 unspecified atom stereocenters. The van der Waals surface area contributed by atoms with Gasteiger partial charge < -0.3 is 5.32 Å². The zero-order valence-corrected chi connectivity index (χ0v) is 7.38. The van der Waals surface area contributed by atoms with Crippen LogP contribution in [0.1, 0.15) is 12.5 Å². The van der Waals surface area contributed by atoms with Gasteiger partial charge >= 0.3 is 0 Å². The zero-order chi connectivity index (χ0) is 9.64. The summed E-state index contributed by atoms with van der Waals surface area (Å²) < 4.78 is 15.2. The molecule has 0 aliphatic carbocycles. The fourth-order valence-corrected chi connectivity index (χ4v) is 1.88. The molecule has 0 aromatic carbocycles. The Morgan fingerprint density at radius 2 is 2.73 bits per heavy atom. The van der Waals surface area contributed by atoms with Crippen LogP contribution >= 0.6 is 22.9 Å². The highest BCUT2D eigenvalue weighted by Gasteiger charge is 2.11. The third kappa shape index (κ3) is 1.26. The Morgan fingerprint density at radius 3 is 3.55 bits per heavy atom. The third-order valence-corrected chi connectivity index (χ3v) is 2.48. The summed E-state index contributed by atoms with van der Waals surface area (Å²) in [6, 6.07) is 1.87. The Morgan fingerprint density at radius 1 is 1.91 bits per heavy atom. The number of hydrogen-bond donors (Lipinski definition) is 1. The molecule has 0 saturated carbocycles. The molecule has 2 heterocycles. The molecule has 1 aliphatic heterocycles. The van der Waals surface area contributed by atoms with Crippen LogP contribution in [0.15, 0.2) is 11.1 Å². The van der Waals surface area contributed by atoms with Gasteiger partial charge in [0.05, 0.1) is 14.9 Å². The van der Waals surface area contributed by atoms with Gasteiger partial charge in [0.1, 0.15) is 0 Å². The Balaban J connectivity index is 2.57. The lowest BCUT2D eigenvalue weighted by atomic mass is 10.3. The Hall–Kier alpha value is -0.540. The van der Waals surface area contributed by atoms with Crippen molar-refractivity contribution in [1.82, 2.24) is 0 Å². The fraction of sp³-hybridized carbons (Fsp3) is 0.286.